The van der Waals surface area contributed by atoms with Crippen LogP contribution in [0.1, 0.15) is 32.0 Å². The first-order valence-corrected chi connectivity index (χ1v) is 12.5. The average molecular weight is 547 g/mol. The topological polar surface area (TPSA) is 105 Å². The van der Waals surface area contributed by atoms with Crippen LogP contribution >= 0.6 is 23.2 Å². The van der Waals surface area contributed by atoms with Gasteiger partial charge >= 0.3 is 0 Å². The molecule has 1 atom stereocenters. The van der Waals surface area contributed by atoms with E-state index in [-0.39, 0.29) is 36.3 Å². The molecule has 2 heterocycles. The van der Waals surface area contributed by atoms with Crippen LogP contribution in [-0.2, 0) is 24.9 Å². The molecule has 1 fully saturated rings. The van der Waals surface area contributed by atoms with Gasteiger partial charge in [0.05, 0.1) is 22.8 Å². The van der Waals surface area contributed by atoms with Crippen LogP contribution in [-0.4, -0.2) is 58.8 Å². The summed E-state index contributed by atoms with van der Waals surface area (Å²) in [5.41, 5.74) is 3.65. The summed E-state index contributed by atoms with van der Waals surface area (Å²) in [7, 11) is 1.62. The second kappa shape index (κ2) is 12.4. The molecular weight excluding hydrogens is 519 g/mol. The van der Waals surface area contributed by atoms with Crippen molar-refractivity contribution in [2.75, 3.05) is 26.2 Å². The van der Waals surface area contributed by atoms with Gasteiger partial charge in [-0.1, -0.05) is 59.6 Å². The molecule has 11 heteroatoms. The number of ether oxygens (including phenoxy) is 2. The van der Waals surface area contributed by atoms with Crippen molar-refractivity contribution < 1.29 is 24.3 Å². The van der Waals surface area contributed by atoms with Gasteiger partial charge in [0, 0.05) is 39.4 Å². The molecule has 196 valence electrons. The molecule has 0 spiro atoms. The molecule has 2 amide bonds. The van der Waals surface area contributed by atoms with Crippen molar-refractivity contribution in [3.63, 3.8) is 0 Å². The summed E-state index contributed by atoms with van der Waals surface area (Å²) in [6, 6.07) is 15.2. The van der Waals surface area contributed by atoms with Gasteiger partial charge in [0.25, 0.3) is 11.8 Å². The smallest absolute Gasteiger partial charge is 0.279 e. The Morgan fingerprint density at radius 2 is 1.89 bits per heavy atom. The Balaban J connectivity index is 1.44. The number of carbonyl (C=O) groups is 2. The first-order valence-electron chi connectivity index (χ1n) is 11.7. The number of rotatable bonds is 9. The number of aryl methyl sites for hydroxylation is 1. The van der Waals surface area contributed by atoms with Gasteiger partial charge in [-0.15, -0.1) is 0 Å². The predicted octanol–water partition coefficient (Wildman–Crippen LogP) is 3.66. The minimum atomic E-state index is -0.800. The number of hydroxylamine groups is 1. The first-order chi connectivity index (χ1) is 17.9. The maximum atomic E-state index is 13.2. The largest absolute Gasteiger partial charge is 0.486 e. The highest BCUT2D eigenvalue weighted by Gasteiger charge is 2.27. The predicted molar refractivity (Wildman–Crippen MR) is 139 cm³/mol. The Hall–Kier alpha value is -3.08. The fourth-order valence-corrected chi connectivity index (χ4v) is 4.52. The van der Waals surface area contributed by atoms with Crippen molar-refractivity contribution in [3.8, 4) is 5.75 Å². The molecule has 1 aliphatic heterocycles. The van der Waals surface area contributed by atoms with E-state index in [2.05, 4.69) is 22.3 Å². The zero-order valence-corrected chi connectivity index (χ0v) is 21.8. The number of nitrogens with one attached hydrogen (secondary N) is 2. The third-order valence-electron chi connectivity index (χ3n) is 6.03. The van der Waals surface area contributed by atoms with Gasteiger partial charge in [-0.2, -0.15) is 0 Å². The quantitative estimate of drug-likeness (QED) is 0.279. The Morgan fingerprint density at radius 1 is 1.11 bits per heavy atom. The average Bonchev–Trinajstić information content (AvgIpc) is 3.24. The van der Waals surface area contributed by atoms with Crippen LogP contribution in [0.2, 0.25) is 10.0 Å². The summed E-state index contributed by atoms with van der Waals surface area (Å²) in [4.78, 5) is 27.8. The molecule has 1 unspecified atom stereocenters. The van der Waals surface area contributed by atoms with E-state index in [0.29, 0.717) is 28.8 Å². The van der Waals surface area contributed by atoms with E-state index < -0.39 is 11.8 Å². The Morgan fingerprint density at radius 3 is 2.62 bits per heavy atom. The van der Waals surface area contributed by atoms with Crippen LogP contribution in [0.15, 0.2) is 54.7 Å². The molecule has 1 aliphatic rings. The summed E-state index contributed by atoms with van der Waals surface area (Å²) in [5.74, 6) is -1.20. The van der Waals surface area contributed by atoms with Crippen LogP contribution in [0.5, 0.6) is 5.75 Å². The molecule has 0 radical (unpaired) electrons. The van der Waals surface area contributed by atoms with Gasteiger partial charge in [-0.3, -0.25) is 19.7 Å². The van der Waals surface area contributed by atoms with Gasteiger partial charge in [0.15, 0.2) is 5.75 Å². The number of nitrogens with zero attached hydrogens (tertiary/aromatic N) is 2. The highest BCUT2D eigenvalue weighted by molar-refractivity contribution is 6.42. The summed E-state index contributed by atoms with van der Waals surface area (Å²) in [6.07, 6.45) is 1.23. The minimum Gasteiger partial charge on any atom is -0.486 e. The third kappa shape index (κ3) is 6.82. The van der Waals surface area contributed by atoms with Gasteiger partial charge in [0.1, 0.15) is 17.9 Å². The van der Waals surface area contributed by atoms with Gasteiger partial charge in [-0.25, -0.2) is 5.48 Å². The van der Waals surface area contributed by atoms with E-state index in [1.165, 1.54) is 16.3 Å². The van der Waals surface area contributed by atoms with Gasteiger partial charge in [-0.05, 0) is 23.3 Å². The van der Waals surface area contributed by atoms with E-state index in [9.17, 15) is 14.8 Å². The van der Waals surface area contributed by atoms with Crippen LogP contribution < -0.4 is 15.5 Å². The number of morpholine rings is 1. The summed E-state index contributed by atoms with van der Waals surface area (Å²) < 4.78 is 13.2. The number of amides is 2. The normalized spacial score (nSPS) is 15.8. The number of halogens is 2. The standard InChI is InChI=1S/C26H28Cl2N4O5/c1-31-15-20(25(33)30-35)24(37-16-18-7-8-21(27)22(28)11-18)23(31)26(34)29-12-19-14-32(9-10-36-19)13-17-5-3-2-4-6-17/h2-8,11,15,19,35H,9-10,12-14,16H2,1H3,(H,29,34)(H,30,33). The van der Waals surface area contributed by atoms with Gasteiger partial charge < -0.3 is 19.4 Å². The summed E-state index contributed by atoms with van der Waals surface area (Å²) in [6.45, 7) is 3.15. The molecule has 1 saturated heterocycles. The monoisotopic (exact) mass is 546 g/mol. The highest BCUT2D eigenvalue weighted by Crippen LogP contribution is 2.29. The molecule has 1 aromatic heterocycles. The maximum Gasteiger partial charge on any atom is 0.279 e. The zero-order chi connectivity index (χ0) is 26.4. The molecule has 0 bridgehead atoms. The molecule has 0 saturated carbocycles. The van der Waals surface area contributed by atoms with Crippen LogP contribution in [0.4, 0.5) is 0 Å². The molecule has 4 rings (SSSR count). The van der Waals surface area contributed by atoms with E-state index in [1.54, 1.807) is 30.7 Å². The molecule has 9 nitrogen and oxygen atoms in total. The zero-order valence-electron chi connectivity index (χ0n) is 20.2. The van der Waals surface area contributed by atoms with Crippen LogP contribution in [0.3, 0.4) is 0 Å². The second-order valence-electron chi connectivity index (χ2n) is 8.73. The van der Waals surface area contributed by atoms with Crippen molar-refractivity contribution in [1.82, 2.24) is 20.3 Å². The van der Waals surface area contributed by atoms with E-state index in [4.69, 9.17) is 32.7 Å². The molecule has 2 aromatic carbocycles. The lowest BCUT2D eigenvalue weighted by atomic mass is 10.2. The Bertz CT molecular complexity index is 1250. The number of hydrogen-bond acceptors (Lipinski definition) is 6. The molecule has 37 heavy (non-hydrogen) atoms. The van der Waals surface area contributed by atoms with Crippen molar-refractivity contribution in [1.29, 1.82) is 0 Å². The number of hydrogen-bond donors (Lipinski definition) is 3. The fraction of sp³-hybridized carbons (Fsp3) is 0.308. The molecule has 0 aliphatic carbocycles. The van der Waals surface area contributed by atoms with Crippen molar-refractivity contribution >= 4 is 35.0 Å². The van der Waals surface area contributed by atoms with Gasteiger partial charge in [0.2, 0.25) is 0 Å². The first kappa shape index (κ1) is 27.0. The molecule has 3 N–H and O–H groups in total. The number of benzene rings is 2. The Kier molecular flexibility index (Phi) is 9.07. The number of carbonyl (C=O) groups excluding carboxylic acids is 2. The van der Waals surface area contributed by atoms with E-state index in [1.807, 2.05) is 18.2 Å². The maximum absolute atomic E-state index is 13.2. The summed E-state index contributed by atoms with van der Waals surface area (Å²) >= 11 is 12.1. The van der Waals surface area contributed by atoms with Crippen molar-refractivity contribution in [2.24, 2.45) is 7.05 Å². The van der Waals surface area contributed by atoms with E-state index in [0.717, 1.165) is 13.1 Å². The Labute approximate surface area is 224 Å². The molecular formula is C26H28Cl2N4O5. The van der Waals surface area contributed by atoms with Crippen LogP contribution in [0, 0.1) is 0 Å². The molecule has 3 aromatic rings. The van der Waals surface area contributed by atoms with E-state index >= 15 is 0 Å². The summed E-state index contributed by atoms with van der Waals surface area (Å²) in [5, 5.41) is 12.8. The number of aromatic nitrogens is 1. The lowest BCUT2D eigenvalue weighted by Gasteiger charge is -2.33. The minimum absolute atomic E-state index is 0.0122. The second-order valence-corrected chi connectivity index (χ2v) is 9.55. The highest BCUT2D eigenvalue weighted by atomic mass is 35.5. The van der Waals surface area contributed by atoms with Crippen LogP contribution in [0.25, 0.3) is 0 Å². The third-order valence-corrected chi connectivity index (χ3v) is 6.76. The lowest BCUT2D eigenvalue weighted by Crippen LogP contribution is -2.47. The lowest BCUT2D eigenvalue weighted by molar-refractivity contribution is -0.0293. The van der Waals surface area contributed by atoms with Crippen molar-refractivity contribution in [3.05, 3.63) is 87.2 Å². The van der Waals surface area contributed by atoms with Crippen molar-refractivity contribution in [2.45, 2.75) is 19.3 Å². The fourth-order valence-electron chi connectivity index (χ4n) is 4.20. The SMILES string of the molecule is Cn1cc(C(=O)NO)c(OCc2ccc(Cl)c(Cl)c2)c1C(=O)NCC1CN(Cc2ccccc2)CCO1.